The molecule has 3 N–H and O–H groups in total. The van der Waals surface area contributed by atoms with Crippen LogP contribution in [0.15, 0.2) is 46.3 Å². The first kappa shape index (κ1) is 15.7. The number of carbonyl (C=O) groups is 1. The summed E-state index contributed by atoms with van der Waals surface area (Å²) in [6.07, 6.45) is 6.34. The molecule has 1 aliphatic rings. The second-order valence-electron chi connectivity index (χ2n) is 4.42. The number of carbonyl (C=O) groups excluding carboxylic acids is 1. The zero-order chi connectivity index (χ0) is 15.1. The van der Waals surface area contributed by atoms with Crippen molar-refractivity contribution in [3.8, 4) is 0 Å². The quantitative estimate of drug-likeness (QED) is 0.531. The fourth-order valence-electron chi connectivity index (χ4n) is 1.61. The Bertz CT molecular complexity index is 502. The first-order chi connectivity index (χ1) is 9.49. The molecule has 6 heteroatoms. The Balaban J connectivity index is 2.77. The number of allylic oxidation sites excluding steroid dienone is 2. The average Bonchev–Trinajstić information content (AvgIpc) is 2.79. The summed E-state index contributed by atoms with van der Waals surface area (Å²) in [4.78, 5) is 20.7. The van der Waals surface area contributed by atoms with Crippen molar-refractivity contribution in [2.24, 2.45) is 15.7 Å². The largest absolute Gasteiger partial charge is 0.390 e. The number of aldehydes is 1. The zero-order valence-corrected chi connectivity index (χ0v) is 12.1. The summed E-state index contributed by atoms with van der Waals surface area (Å²) in [5.41, 5.74) is 7.51. The van der Waals surface area contributed by atoms with E-state index >= 15 is 0 Å². The van der Waals surface area contributed by atoms with E-state index in [0.717, 1.165) is 12.0 Å². The van der Waals surface area contributed by atoms with Crippen molar-refractivity contribution in [2.45, 2.75) is 19.4 Å². The molecule has 0 aromatic carbocycles. The maximum absolute atomic E-state index is 10.2. The molecule has 0 aromatic rings. The predicted octanol–water partition coefficient (Wildman–Crippen LogP) is 0.796. The van der Waals surface area contributed by atoms with Gasteiger partial charge in [-0.05, 0) is 19.4 Å². The van der Waals surface area contributed by atoms with Gasteiger partial charge in [0.1, 0.15) is 18.2 Å². The van der Waals surface area contributed by atoms with Crippen LogP contribution in [-0.2, 0) is 4.79 Å². The minimum Gasteiger partial charge on any atom is -0.390 e. The van der Waals surface area contributed by atoms with Crippen LogP contribution < -0.4 is 11.1 Å². The van der Waals surface area contributed by atoms with Crippen LogP contribution in [0.5, 0.6) is 0 Å². The Hall–Kier alpha value is -2.37. The molecule has 0 saturated carbocycles. The van der Waals surface area contributed by atoms with Crippen molar-refractivity contribution in [3.05, 3.63) is 36.3 Å². The minimum absolute atomic E-state index is 0.222. The number of amidine groups is 2. The van der Waals surface area contributed by atoms with Crippen molar-refractivity contribution >= 4 is 18.0 Å². The van der Waals surface area contributed by atoms with E-state index in [1.165, 1.54) is 6.08 Å². The van der Waals surface area contributed by atoms with Crippen LogP contribution in [0.25, 0.3) is 0 Å². The molecule has 0 aliphatic carbocycles. The molecule has 1 atom stereocenters. The third-order valence-corrected chi connectivity index (χ3v) is 2.89. The van der Waals surface area contributed by atoms with E-state index in [4.69, 9.17) is 5.73 Å². The third-order valence-electron chi connectivity index (χ3n) is 2.89. The van der Waals surface area contributed by atoms with Gasteiger partial charge >= 0.3 is 0 Å². The molecule has 20 heavy (non-hydrogen) atoms. The SMILES string of the molecule is C=C(C1=NC(C/C=C/C=O)C(N)=N1)N(C)/C=C(\C)NC. The lowest BCUT2D eigenvalue weighted by atomic mass is 10.2. The first-order valence-electron chi connectivity index (χ1n) is 6.30. The predicted molar refractivity (Wildman–Crippen MR) is 82.4 cm³/mol. The highest BCUT2D eigenvalue weighted by atomic mass is 16.1. The number of nitrogens with two attached hydrogens (primary N) is 1. The van der Waals surface area contributed by atoms with Gasteiger partial charge in [-0.2, -0.15) is 0 Å². The summed E-state index contributed by atoms with van der Waals surface area (Å²) in [7, 11) is 3.72. The van der Waals surface area contributed by atoms with Gasteiger partial charge in [-0.1, -0.05) is 12.7 Å². The Morgan fingerprint density at radius 3 is 2.90 bits per heavy atom. The van der Waals surface area contributed by atoms with Gasteiger partial charge in [0.05, 0.1) is 5.70 Å². The van der Waals surface area contributed by atoms with Crippen LogP contribution in [0.2, 0.25) is 0 Å². The molecule has 0 aromatic heterocycles. The lowest BCUT2D eigenvalue weighted by Gasteiger charge is -2.17. The van der Waals surface area contributed by atoms with Crippen LogP contribution in [0, 0.1) is 0 Å². The van der Waals surface area contributed by atoms with Crippen molar-refractivity contribution < 1.29 is 4.79 Å². The average molecular weight is 275 g/mol. The van der Waals surface area contributed by atoms with Crippen molar-refractivity contribution in [1.29, 1.82) is 0 Å². The molecule has 0 bridgehead atoms. The van der Waals surface area contributed by atoms with E-state index in [0.29, 0.717) is 23.8 Å². The van der Waals surface area contributed by atoms with Crippen LogP contribution in [0.4, 0.5) is 0 Å². The topological polar surface area (TPSA) is 83.1 Å². The molecule has 0 amide bonds. The van der Waals surface area contributed by atoms with Gasteiger partial charge < -0.3 is 16.0 Å². The minimum atomic E-state index is -0.222. The molecule has 6 nitrogen and oxygen atoms in total. The molecule has 108 valence electrons. The number of rotatable bonds is 7. The Morgan fingerprint density at radius 1 is 1.60 bits per heavy atom. The third kappa shape index (κ3) is 4.08. The Kier molecular flexibility index (Phi) is 5.71. The molecule has 0 saturated heterocycles. The van der Waals surface area contributed by atoms with E-state index in [-0.39, 0.29) is 6.04 Å². The number of nitrogens with zero attached hydrogens (tertiary/aromatic N) is 3. The second kappa shape index (κ2) is 7.28. The molecule has 0 radical (unpaired) electrons. The zero-order valence-electron chi connectivity index (χ0n) is 12.1. The molecule has 1 heterocycles. The van der Waals surface area contributed by atoms with E-state index in [1.54, 1.807) is 6.08 Å². The van der Waals surface area contributed by atoms with Crippen LogP contribution in [-0.4, -0.2) is 43.0 Å². The highest BCUT2D eigenvalue weighted by Gasteiger charge is 2.21. The van der Waals surface area contributed by atoms with E-state index in [1.807, 2.05) is 32.1 Å². The van der Waals surface area contributed by atoms with Crippen LogP contribution >= 0.6 is 0 Å². The van der Waals surface area contributed by atoms with E-state index in [2.05, 4.69) is 21.9 Å². The fraction of sp³-hybridized carbons (Fsp3) is 0.357. The van der Waals surface area contributed by atoms with Gasteiger partial charge in [-0.3, -0.25) is 9.79 Å². The summed E-state index contributed by atoms with van der Waals surface area (Å²) in [5, 5.41) is 3.03. The number of nitrogens with one attached hydrogen (secondary N) is 1. The first-order valence-corrected chi connectivity index (χ1v) is 6.30. The smallest absolute Gasteiger partial charge is 0.173 e. The van der Waals surface area contributed by atoms with Gasteiger partial charge in [-0.25, -0.2) is 4.99 Å². The molecule has 1 aliphatic heterocycles. The van der Waals surface area contributed by atoms with Gasteiger partial charge in [0.2, 0.25) is 0 Å². The molecular weight excluding hydrogens is 254 g/mol. The van der Waals surface area contributed by atoms with E-state index in [9.17, 15) is 4.79 Å². The fourth-order valence-corrected chi connectivity index (χ4v) is 1.61. The summed E-state index contributed by atoms with van der Waals surface area (Å²) >= 11 is 0. The number of likely N-dealkylation sites (N-methyl/N-ethyl adjacent to an activating group) is 1. The molecular formula is C14H21N5O. The number of aliphatic imine (C=N–C) groups is 2. The summed E-state index contributed by atoms with van der Waals surface area (Å²) in [5.74, 6) is 0.967. The maximum atomic E-state index is 10.2. The summed E-state index contributed by atoms with van der Waals surface area (Å²) < 4.78 is 0. The normalized spacial score (nSPS) is 18.8. The Labute approximate surface area is 119 Å². The van der Waals surface area contributed by atoms with E-state index < -0.39 is 0 Å². The van der Waals surface area contributed by atoms with Crippen molar-refractivity contribution in [1.82, 2.24) is 10.2 Å². The summed E-state index contributed by atoms with van der Waals surface area (Å²) in [6.45, 7) is 5.92. The van der Waals surface area contributed by atoms with Crippen molar-refractivity contribution in [2.75, 3.05) is 14.1 Å². The lowest BCUT2D eigenvalue weighted by Crippen LogP contribution is -2.23. The molecule has 1 unspecified atom stereocenters. The molecule has 0 spiro atoms. The highest BCUT2D eigenvalue weighted by molar-refractivity contribution is 6.11. The standard InChI is InChI=1S/C14H21N5O/c1-10(16-3)9-19(4)11(2)14-17-12(13(15)18-14)7-5-6-8-20/h5-6,8-9,12,16H,2,7H2,1,3-4H3,(H2,15,17,18)/b6-5+,10-9+. The summed E-state index contributed by atoms with van der Waals surface area (Å²) in [6, 6.07) is -0.222. The lowest BCUT2D eigenvalue weighted by molar-refractivity contribution is -0.104. The van der Waals surface area contributed by atoms with Crippen LogP contribution in [0.3, 0.4) is 0 Å². The van der Waals surface area contributed by atoms with Crippen LogP contribution in [0.1, 0.15) is 13.3 Å². The highest BCUT2D eigenvalue weighted by Crippen LogP contribution is 2.14. The number of hydrogen-bond acceptors (Lipinski definition) is 6. The van der Waals surface area contributed by atoms with Gasteiger partial charge in [0.15, 0.2) is 5.84 Å². The molecule has 1 rings (SSSR count). The maximum Gasteiger partial charge on any atom is 0.173 e. The van der Waals surface area contributed by atoms with Crippen molar-refractivity contribution in [3.63, 3.8) is 0 Å². The molecule has 0 fully saturated rings. The monoisotopic (exact) mass is 275 g/mol. The Morgan fingerprint density at radius 2 is 2.30 bits per heavy atom. The number of hydrogen-bond donors (Lipinski definition) is 2. The van der Waals surface area contributed by atoms with Gasteiger partial charge in [-0.15, -0.1) is 0 Å². The second-order valence-corrected chi connectivity index (χ2v) is 4.42. The van der Waals surface area contributed by atoms with Gasteiger partial charge in [0, 0.05) is 26.0 Å². The van der Waals surface area contributed by atoms with Gasteiger partial charge in [0.25, 0.3) is 0 Å².